The highest BCUT2D eigenvalue weighted by Crippen LogP contribution is 2.24. The molecule has 86 valence electrons. The fourth-order valence-corrected chi connectivity index (χ4v) is 1.48. The molecule has 0 aliphatic heterocycles. The molecule has 0 aliphatic carbocycles. The third kappa shape index (κ3) is 3.23. The van der Waals surface area contributed by atoms with Crippen molar-refractivity contribution < 1.29 is 10.2 Å². The highest BCUT2D eigenvalue weighted by atomic mass is 16.3. The van der Waals surface area contributed by atoms with Gasteiger partial charge in [-0.2, -0.15) is 5.26 Å². The van der Waals surface area contributed by atoms with E-state index in [1.807, 2.05) is 25.1 Å². The third-order valence-electron chi connectivity index (χ3n) is 2.26. The molecule has 0 bridgehead atoms. The molecule has 0 aliphatic rings. The van der Waals surface area contributed by atoms with E-state index in [1.54, 1.807) is 18.2 Å². The monoisotopic (exact) mass is 220 g/mol. The number of phenolic OH excluding ortho intramolecular Hbond substituents is 1. The van der Waals surface area contributed by atoms with E-state index in [1.165, 1.54) is 0 Å². The first-order chi connectivity index (χ1) is 7.54. The zero-order valence-electron chi connectivity index (χ0n) is 9.51. The first kappa shape index (κ1) is 12.5. The SMILES string of the molecule is CN(C)Cc1cc(C(O)CC#N)ccc1O. The van der Waals surface area contributed by atoms with Crippen LogP contribution in [0.25, 0.3) is 0 Å². The molecule has 4 heteroatoms. The minimum atomic E-state index is -0.786. The van der Waals surface area contributed by atoms with Crippen LogP contribution in [0.5, 0.6) is 5.75 Å². The second-order valence-electron chi connectivity index (χ2n) is 4.00. The van der Waals surface area contributed by atoms with E-state index in [0.717, 1.165) is 5.56 Å². The molecule has 0 saturated carbocycles. The van der Waals surface area contributed by atoms with Gasteiger partial charge in [-0.05, 0) is 31.8 Å². The van der Waals surface area contributed by atoms with Gasteiger partial charge < -0.3 is 15.1 Å². The molecule has 1 rings (SSSR count). The smallest absolute Gasteiger partial charge is 0.120 e. The molecular formula is C12H16N2O2. The number of hydrogen-bond acceptors (Lipinski definition) is 4. The van der Waals surface area contributed by atoms with Gasteiger partial charge in [0.1, 0.15) is 5.75 Å². The maximum absolute atomic E-state index is 9.65. The largest absolute Gasteiger partial charge is 0.508 e. The average molecular weight is 220 g/mol. The van der Waals surface area contributed by atoms with E-state index >= 15 is 0 Å². The number of rotatable bonds is 4. The highest BCUT2D eigenvalue weighted by Gasteiger charge is 2.10. The van der Waals surface area contributed by atoms with Crippen LogP contribution in [0.1, 0.15) is 23.7 Å². The summed E-state index contributed by atoms with van der Waals surface area (Å²) in [6, 6.07) is 6.84. The quantitative estimate of drug-likeness (QED) is 0.804. The molecule has 0 amide bonds. The third-order valence-corrected chi connectivity index (χ3v) is 2.26. The summed E-state index contributed by atoms with van der Waals surface area (Å²) in [6.45, 7) is 0.596. The second kappa shape index (κ2) is 5.50. The minimum absolute atomic E-state index is 0.0617. The summed E-state index contributed by atoms with van der Waals surface area (Å²) in [5, 5.41) is 27.8. The Hall–Kier alpha value is -1.57. The van der Waals surface area contributed by atoms with Crippen molar-refractivity contribution in [3.63, 3.8) is 0 Å². The van der Waals surface area contributed by atoms with Crippen molar-refractivity contribution in [1.82, 2.24) is 4.90 Å². The Bertz CT molecular complexity index is 396. The molecular weight excluding hydrogens is 204 g/mol. The van der Waals surface area contributed by atoms with Crippen LogP contribution >= 0.6 is 0 Å². The molecule has 1 aromatic carbocycles. The second-order valence-corrected chi connectivity index (χ2v) is 4.00. The van der Waals surface area contributed by atoms with Crippen molar-refractivity contribution in [2.24, 2.45) is 0 Å². The Balaban J connectivity index is 2.93. The van der Waals surface area contributed by atoms with Crippen LogP contribution in [0.3, 0.4) is 0 Å². The lowest BCUT2D eigenvalue weighted by atomic mass is 10.0. The van der Waals surface area contributed by atoms with Crippen LogP contribution in [0.4, 0.5) is 0 Å². The average Bonchev–Trinajstić information content (AvgIpc) is 2.21. The molecule has 0 saturated heterocycles. The van der Waals surface area contributed by atoms with Crippen LogP contribution in [0, 0.1) is 11.3 Å². The number of aliphatic hydroxyl groups excluding tert-OH is 1. The minimum Gasteiger partial charge on any atom is -0.508 e. The molecule has 16 heavy (non-hydrogen) atoms. The Kier molecular flexibility index (Phi) is 4.29. The highest BCUT2D eigenvalue weighted by molar-refractivity contribution is 5.37. The van der Waals surface area contributed by atoms with E-state index in [0.29, 0.717) is 12.1 Å². The van der Waals surface area contributed by atoms with Gasteiger partial charge in [0.05, 0.1) is 18.6 Å². The van der Waals surface area contributed by atoms with Gasteiger partial charge in [0.2, 0.25) is 0 Å². The van der Waals surface area contributed by atoms with Gasteiger partial charge in [-0.3, -0.25) is 0 Å². The zero-order valence-corrected chi connectivity index (χ0v) is 9.51. The van der Waals surface area contributed by atoms with Crippen molar-refractivity contribution in [1.29, 1.82) is 5.26 Å². The van der Waals surface area contributed by atoms with Crippen molar-refractivity contribution >= 4 is 0 Å². The summed E-state index contributed by atoms with van der Waals surface area (Å²) < 4.78 is 0. The molecule has 0 heterocycles. The lowest BCUT2D eigenvalue weighted by Crippen LogP contribution is -2.11. The van der Waals surface area contributed by atoms with E-state index in [-0.39, 0.29) is 12.2 Å². The van der Waals surface area contributed by atoms with E-state index in [4.69, 9.17) is 5.26 Å². The normalized spacial score (nSPS) is 12.4. The summed E-state index contributed by atoms with van der Waals surface area (Å²) in [6.07, 6.45) is -0.724. The number of aliphatic hydroxyl groups is 1. The maximum Gasteiger partial charge on any atom is 0.120 e. The molecule has 1 unspecified atom stereocenters. The Morgan fingerprint density at radius 2 is 2.12 bits per heavy atom. The van der Waals surface area contributed by atoms with Crippen LogP contribution in [-0.4, -0.2) is 29.2 Å². The van der Waals surface area contributed by atoms with Crippen LogP contribution in [-0.2, 0) is 6.54 Å². The Labute approximate surface area is 95.4 Å². The van der Waals surface area contributed by atoms with Gasteiger partial charge in [-0.15, -0.1) is 0 Å². The molecule has 2 N–H and O–H groups in total. The lowest BCUT2D eigenvalue weighted by molar-refractivity contribution is 0.183. The summed E-state index contributed by atoms with van der Waals surface area (Å²) in [5.41, 5.74) is 1.41. The van der Waals surface area contributed by atoms with Gasteiger partial charge in [0.15, 0.2) is 0 Å². The van der Waals surface area contributed by atoms with E-state index in [9.17, 15) is 10.2 Å². The number of benzene rings is 1. The molecule has 0 radical (unpaired) electrons. The van der Waals surface area contributed by atoms with Crippen LogP contribution in [0.2, 0.25) is 0 Å². The number of hydrogen-bond donors (Lipinski definition) is 2. The van der Waals surface area contributed by atoms with Crippen molar-refractivity contribution in [3.8, 4) is 11.8 Å². The number of aromatic hydroxyl groups is 1. The molecule has 1 atom stereocenters. The fourth-order valence-electron chi connectivity index (χ4n) is 1.48. The standard InChI is InChI=1S/C12H16N2O2/c1-14(2)8-10-7-9(3-4-11(10)15)12(16)5-6-13/h3-4,7,12,15-16H,5,8H2,1-2H3. The molecule has 0 fully saturated rings. The number of nitriles is 1. The Morgan fingerprint density at radius 3 is 2.69 bits per heavy atom. The fraction of sp³-hybridized carbons (Fsp3) is 0.417. The summed E-state index contributed by atoms with van der Waals surface area (Å²) in [5.74, 6) is 0.210. The first-order valence-electron chi connectivity index (χ1n) is 5.06. The predicted molar refractivity (Wildman–Crippen MR) is 60.7 cm³/mol. The number of nitrogens with zero attached hydrogens (tertiary/aromatic N) is 2. The summed E-state index contributed by atoms with van der Waals surface area (Å²) >= 11 is 0. The van der Waals surface area contributed by atoms with Gasteiger partial charge in [-0.1, -0.05) is 6.07 Å². The summed E-state index contributed by atoms with van der Waals surface area (Å²) in [7, 11) is 3.80. The molecule has 1 aromatic rings. The molecule has 0 aromatic heterocycles. The van der Waals surface area contributed by atoms with Crippen LogP contribution in [0.15, 0.2) is 18.2 Å². The lowest BCUT2D eigenvalue weighted by Gasteiger charge is -2.14. The maximum atomic E-state index is 9.65. The van der Waals surface area contributed by atoms with Crippen molar-refractivity contribution in [2.75, 3.05) is 14.1 Å². The van der Waals surface area contributed by atoms with Crippen molar-refractivity contribution in [3.05, 3.63) is 29.3 Å². The topological polar surface area (TPSA) is 67.5 Å². The summed E-state index contributed by atoms with van der Waals surface area (Å²) in [4.78, 5) is 1.93. The molecule has 0 spiro atoms. The predicted octanol–water partition coefficient (Wildman–Crippen LogP) is 1.40. The van der Waals surface area contributed by atoms with Crippen LogP contribution < -0.4 is 0 Å². The van der Waals surface area contributed by atoms with E-state index in [2.05, 4.69) is 0 Å². The van der Waals surface area contributed by atoms with Gasteiger partial charge in [-0.25, -0.2) is 0 Å². The molecule has 4 nitrogen and oxygen atoms in total. The number of phenols is 1. The van der Waals surface area contributed by atoms with Gasteiger partial charge in [0, 0.05) is 12.1 Å². The first-order valence-corrected chi connectivity index (χ1v) is 5.06. The van der Waals surface area contributed by atoms with E-state index < -0.39 is 6.10 Å². The van der Waals surface area contributed by atoms with Crippen molar-refractivity contribution in [2.45, 2.75) is 19.1 Å². The zero-order chi connectivity index (χ0) is 12.1. The Morgan fingerprint density at radius 1 is 1.44 bits per heavy atom. The van der Waals surface area contributed by atoms with Gasteiger partial charge >= 0.3 is 0 Å². The van der Waals surface area contributed by atoms with Gasteiger partial charge in [0.25, 0.3) is 0 Å².